The topological polar surface area (TPSA) is 43.4 Å². The monoisotopic (exact) mass is 246 g/mol. The Bertz CT molecular complexity index is 425. The zero-order valence-corrected chi connectivity index (χ0v) is 10.6. The first-order chi connectivity index (χ1) is 8.70. The summed E-state index contributed by atoms with van der Waals surface area (Å²) in [6, 6.07) is 10.1. The summed E-state index contributed by atoms with van der Waals surface area (Å²) in [6.07, 6.45) is 2.55. The van der Waals surface area contributed by atoms with E-state index in [9.17, 15) is 9.59 Å². The smallest absolute Gasteiger partial charge is 0.309 e. The summed E-state index contributed by atoms with van der Waals surface area (Å²) in [6.45, 7) is 0. The van der Waals surface area contributed by atoms with Crippen molar-refractivity contribution in [2.45, 2.75) is 25.7 Å². The number of ether oxygens (including phenoxy) is 1. The average Bonchev–Trinajstić information content (AvgIpc) is 2.41. The summed E-state index contributed by atoms with van der Waals surface area (Å²) >= 11 is 0. The number of carbonyl (C=O) groups is 2. The van der Waals surface area contributed by atoms with Crippen molar-refractivity contribution < 1.29 is 14.3 Å². The van der Waals surface area contributed by atoms with E-state index in [0.717, 1.165) is 12.8 Å². The second-order valence-electron chi connectivity index (χ2n) is 4.86. The summed E-state index contributed by atoms with van der Waals surface area (Å²) in [5.74, 6) is -0.118. The summed E-state index contributed by atoms with van der Waals surface area (Å²) < 4.78 is 4.81. The minimum Gasteiger partial charge on any atom is -0.469 e. The van der Waals surface area contributed by atoms with Gasteiger partial charge in [-0.15, -0.1) is 0 Å². The van der Waals surface area contributed by atoms with Gasteiger partial charge < -0.3 is 4.74 Å². The third-order valence-corrected chi connectivity index (χ3v) is 3.66. The van der Waals surface area contributed by atoms with Gasteiger partial charge in [-0.25, -0.2) is 0 Å². The fourth-order valence-corrected chi connectivity index (χ4v) is 2.65. The van der Waals surface area contributed by atoms with Crippen LogP contribution < -0.4 is 0 Å². The fraction of sp³-hybridized carbons (Fsp3) is 0.467. The van der Waals surface area contributed by atoms with Crippen molar-refractivity contribution in [3.05, 3.63) is 35.9 Å². The molecule has 2 rings (SSSR count). The van der Waals surface area contributed by atoms with Gasteiger partial charge in [0.05, 0.1) is 13.0 Å². The predicted molar refractivity (Wildman–Crippen MR) is 68.0 cm³/mol. The van der Waals surface area contributed by atoms with E-state index in [0.29, 0.717) is 12.8 Å². The second-order valence-corrected chi connectivity index (χ2v) is 4.86. The van der Waals surface area contributed by atoms with E-state index >= 15 is 0 Å². The second kappa shape index (κ2) is 5.80. The molecule has 0 heterocycles. The van der Waals surface area contributed by atoms with Crippen LogP contribution in [0, 0.1) is 11.8 Å². The summed E-state index contributed by atoms with van der Waals surface area (Å²) in [7, 11) is 1.39. The van der Waals surface area contributed by atoms with E-state index in [4.69, 9.17) is 4.74 Å². The molecule has 3 nitrogen and oxygen atoms in total. The summed E-state index contributed by atoms with van der Waals surface area (Å²) in [5, 5.41) is 0. The molecule has 1 aromatic carbocycles. The van der Waals surface area contributed by atoms with E-state index < -0.39 is 0 Å². The van der Waals surface area contributed by atoms with E-state index in [1.165, 1.54) is 12.7 Å². The Kier molecular flexibility index (Phi) is 4.13. The number of hydrogen-bond acceptors (Lipinski definition) is 3. The van der Waals surface area contributed by atoms with Crippen LogP contribution in [0.1, 0.15) is 24.8 Å². The number of Topliss-reactive ketones (excluding diaryl/α,β-unsaturated/α-hetero) is 1. The Morgan fingerprint density at radius 2 is 2.06 bits per heavy atom. The Labute approximate surface area is 107 Å². The van der Waals surface area contributed by atoms with Crippen LogP contribution in [-0.4, -0.2) is 18.9 Å². The third-order valence-electron chi connectivity index (χ3n) is 3.66. The quantitative estimate of drug-likeness (QED) is 0.769. The van der Waals surface area contributed by atoms with E-state index in [-0.39, 0.29) is 23.6 Å². The highest BCUT2D eigenvalue weighted by Gasteiger charge is 2.35. The fourth-order valence-electron chi connectivity index (χ4n) is 2.65. The summed E-state index contributed by atoms with van der Waals surface area (Å²) in [4.78, 5) is 23.2. The lowest BCUT2D eigenvalue weighted by Crippen LogP contribution is -2.33. The molecule has 0 amide bonds. The average molecular weight is 246 g/mol. The highest BCUT2D eigenvalue weighted by atomic mass is 16.5. The van der Waals surface area contributed by atoms with Crippen LogP contribution in [0.15, 0.2) is 30.3 Å². The summed E-state index contributed by atoms with van der Waals surface area (Å²) in [5.41, 5.74) is 1.21. The van der Waals surface area contributed by atoms with Gasteiger partial charge in [-0.2, -0.15) is 0 Å². The van der Waals surface area contributed by atoms with Crippen LogP contribution in [0.5, 0.6) is 0 Å². The highest BCUT2D eigenvalue weighted by Crippen LogP contribution is 2.31. The maximum absolute atomic E-state index is 11.7. The first-order valence-electron chi connectivity index (χ1n) is 6.34. The van der Waals surface area contributed by atoms with Gasteiger partial charge >= 0.3 is 5.97 Å². The number of ketones is 1. The van der Waals surface area contributed by atoms with Crippen LogP contribution in [0.3, 0.4) is 0 Å². The maximum atomic E-state index is 11.7. The molecule has 1 aromatic rings. The molecule has 0 aliphatic heterocycles. The molecule has 2 unspecified atom stereocenters. The van der Waals surface area contributed by atoms with E-state index in [1.54, 1.807) is 0 Å². The lowest BCUT2D eigenvalue weighted by atomic mass is 9.75. The molecule has 2 atom stereocenters. The molecule has 96 valence electrons. The van der Waals surface area contributed by atoms with Crippen LogP contribution >= 0.6 is 0 Å². The molecule has 0 aromatic heterocycles. The number of carbonyl (C=O) groups excluding carboxylic acids is 2. The standard InChI is InChI=1S/C15H18O3/c1-18-15(17)14-10-13(16)8-7-12(14)9-11-5-3-2-4-6-11/h2-6,12,14H,7-10H2,1H3. The van der Waals surface area contributed by atoms with Crippen molar-refractivity contribution in [2.75, 3.05) is 7.11 Å². The normalized spacial score (nSPS) is 23.7. The zero-order chi connectivity index (χ0) is 13.0. The molecule has 1 aliphatic rings. The van der Waals surface area contributed by atoms with Gasteiger partial charge in [0.1, 0.15) is 5.78 Å². The van der Waals surface area contributed by atoms with Gasteiger partial charge in [0.2, 0.25) is 0 Å². The molecular weight excluding hydrogens is 228 g/mol. The number of rotatable bonds is 3. The Morgan fingerprint density at radius 3 is 2.72 bits per heavy atom. The van der Waals surface area contributed by atoms with Crippen molar-refractivity contribution in [2.24, 2.45) is 11.8 Å². The molecule has 18 heavy (non-hydrogen) atoms. The van der Waals surface area contributed by atoms with Crippen molar-refractivity contribution >= 4 is 11.8 Å². The molecule has 0 bridgehead atoms. The van der Waals surface area contributed by atoms with Crippen LogP contribution in [0.25, 0.3) is 0 Å². The molecule has 1 fully saturated rings. The van der Waals surface area contributed by atoms with Gasteiger partial charge in [-0.1, -0.05) is 30.3 Å². The van der Waals surface area contributed by atoms with E-state index in [1.807, 2.05) is 18.2 Å². The molecule has 0 N–H and O–H groups in total. The van der Waals surface area contributed by atoms with Gasteiger partial charge in [0, 0.05) is 12.8 Å². The number of methoxy groups -OCH3 is 1. The molecule has 3 heteroatoms. The van der Waals surface area contributed by atoms with Gasteiger partial charge in [0.25, 0.3) is 0 Å². The largest absolute Gasteiger partial charge is 0.469 e. The van der Waals surface area contributed by atoms with Gasteiger partial charge in [-0.3, -0.25) is 9.59 Å². The third kappa shape index (κ3) is 2.97. The van der Waals surface area contributed by atoms with Crippen molar-refractivity contribution in [3.8, 4) is 0 Å². The minimum atomic E-state index is -0.267. The van der Waals surface area contributed by atoms with Crippen LogP contribution in [0.2, 0.25) is 0 Å². The molecule has 0 radical (unpaired) electrons. The van der Waals surface area contributed by atoms with Crippen LogP contribution in [0.4, 0.5) is 0 Å². The molecule has 1 aliphatic carbocycles. The highest BCUT2D eigenvalue weighted by molar-refractivity contribution is 5.85. The molecule has 0 saturated heterocycles. The molecule has 0 spiro atoms. The SMILES string of the molecule is COC(=O)C1CC(=O)CCC1Cc1ccccc1. The first-order valence-corrected chi connectivity index (χ1v) is 6.34. The van der Waals surface area contributed by atoms with Crippen molar-refractivity contribution in [1.82, 2.24) is 0 Å². The molecular formula is C15H18O3. The zero-order valence-electron chi connectivity index (χ0n) is 10.6. The lowest BCUT2D eigenvalue weighted by Gasteiger charge is -2.28. The minimum absolute atomic E-state index is 0.176. The van der Waals surface area contributed by atoms with Crippen molar-refractivity contribution in [1.29, 1.82) is 0 Å². The Hall–Kier alpha value is -1.64. The number of hydrogen-bond donors (Lipinski definition) is 0. The first kappa shape index (κ1) is 12.8. The number of esters is 1. The van der Waals surface area contributed by atoms with E-state index in [2.05, 4.69) is 12.1 Å². The van der Waals surface area contributed by atoms with Gasteiger partial charge in [0.15, 0.2) is 0 Å². The maximum Gasteiger partial charge on any atom is 0.309 e. The Balaban J connectivity index is 2.09. The predicted octanol–water partition coefficient (Wildman–Crippen LogP) is 2.39. The number of benzene rings is 1. The molecule has 1 saturated carbocycles. The van der Waals surface area contributed by atoms with Crippen molar-refractivity contribution in [3.63, 3.8) is 0 Å². The van der Waals surface area contributed by atoms with Crippen LogP contribution in [-0.2, 0) is 20.7 Å². The lowest BCUT2D eigenvalue weighted by molar-refractivity contribution is -0.151. The Morgan fingerprint density at radius 1 is 1.33 bits per heavy atom. The van der Waals surface area contributed by atoms with Gasteiger partial charge in [-0.05, 0) is 24.3 Å².